The summed E-state index contributed by atoms with van der Waals surface area (Å²) in [6, 6.07) is 5.88. The monoisotopic (exact) mass is 279 g/mol. The van der Waals surface area contributed by atoms with E-state index in [0.29, 0.717) is 12.0 Å². The van der Waals surface area contributed by atoms with E-state index in [2.05, 4.69) is 0 Å². The van der Waals surface area contributed by atoms with Gasteiger partial charge in [-0.2, -0.15) is 0 Å². The van der Waals surface area contributed by atoms with Crippen molar-refractivity contribution in [2.24, 2.45) is 11.7 Å². The molecule has 104 valence electrons. The van der Waals surface area contributed by atoms with Crippen molar-refractivity contribution in [3.8, 4) is 5.75 Å². The molecular formula is C16H22ClNO. The SMILES string of the molecule is N[C@H]1CC(C2CCCCCC2)Oc2ccc(Cl)cc21. The minimum atomic E-state index is 0.0655. The van der Waals surface area contributed by atoms with Gasteiger partial charge in [0.25, 0.3) is 0 Å². The van der Waals surface area contributed by atoms with Crippen molar-refractivity contribution in [2.75, 3.05) is 0 Å². The van der Waals surface area contributed by atoms with Crippen LogP contribution in [-0.2, 0) is 0 Å². The van der Waals surface area contributed by atoms with E-state index in [0.717, 1.165) is 22.8 Å². The summed E-state index contributed by atoms with van der Waals surface area (Å²) in [6.45, 7) is 0. The quantitative estimate of drug-likeness (QED) is 0.770. The number of ether oxygens (including phenoxy) is 1. The number of fused-ring (bicyclic) bond motifs is 1. The molecule has 1 unspecified atom stereocenters. The highest BCUT2D eigenvalue weighted by Crippen LogP contribution is 2.39. The Morgan fingerprint density at radius 1 is 1.11 bits per heavy atom. The van der Waals surface area contributed by atoms with Crippen molar-refractivity contribution in [1.82, 2.24) is 0 Å². The summed E-state index contributed by atoms with van der Waals surface area (Å²) < 4.78 is 6.21. The van der Waals surface area contributed by atoms with Crippen molar-refractivity contribution in [3.05, 3.63) is 28.8 Å². The lowest BCUT2D eigenvalue weighted by Crippen LogP contribution is -2.35. The molecular weight excluding hydrogens is 258 g/mol. The van der Waals surface area contributed by atoms with Crippen LogP contribution < -0.4 is 10.5 Å². The van der Waals surface area contributed by atoms with Crippen molar-refractivity contribution < 1.29 is 4.74 Å². The maximum atomic E-state index is 6.31. The number of benzene rings is 1. The van der Waals surface area contributed by atoms with Gasteiger partial charge in [-0.25, -0.2) is 0 Å². The van der Waals surface area contributed by atoms with Gasteiger partial charge >= 0.3 is 0 Å². The number of nitrogens with two attached hydrogens (primary N) is 1. The summed E-state index contributed by atoms with van der Waals surface area (Å²) in [5.41, 5.74) is 7.38. The fourth-order valence-corrected chi connectivity index (χ4v) is 3.66. The maximum absolute atomic E-state index is 6.31. The molecule has 0 radical (unpaired) electrons. The zero-order valence-electron chi connectivity index (χ0n) is 11.3. The first kappa shape index (κ1) is 13.3. The Bertz CT molecular complexity index is 440. The summed E-state index contributed by atoms with van der Waals surface area (Å²) in [5.74, 6) is 1.62. The number of hydrogen-bond donors (Lipinski definition) is 1. The normalized spacial score (nSPS) is 28.3. The standard InChI is InChI=1S/C16H22ClNO/c17-12-7-8-15-13(9-12)14(18)10-16(19-15)11-5-3-1-2-4-6-11/h7-9,11,14,16H,1-6,10,18H2/t14-,16?/m0/s1. The highest BCUT2D eigenvalue weighted by atomic mass is 35.5. The van der Waals surface area contributed by atoms with Gasteiger partial charge in [0.05, 0.1) is 0 Å². The molecule has 0 bridgehead atoms. The average Bonchev–Trinajstić information content (AvgIpc) is 2.68. The molecule has 1 aliphatic carbocycles. The lowest BCUT2D eigenvalue weighted by atomic mass is 9.86. The summed E-state index contributed by atoms with van der Waals surface area (Å²) in [6.07, 6.45) is 9.24. The van der Waals surface area contributed by atoms with E-state index in [-0.39, 0.29) is 6.04 Å². The summed E-state index contributed by atoms with van der Waals surface area (Å²) in [4.78, 5) is 0. The van der Waals surface area contributed by atoms with Crippen LogP contribution in [0.3, 0.4) is 0 Å². The van der Waals surface area contributed by atoms with Gasteiger partial charge in [0.2, 0.25) is 0 Å². The Morgan fingerprint density at radius 2 is 1.84 bits per heavy atom. The minimum absolute atomic E-state index is 0.0655. The molecule has 1 aliphatic heterocycles. The van der Waals surface area contributed by atoms with Crippen LogP contribution in [0.2, 0.25) is 5.02 Å². The molecule has 3 heteroatoms. The van der Waals surface area contributed by atoms with Crippen molar-refractivity contribution >= 4 is 11.6 Å². The van der Waals surface area contributed by atoms with E-state index < -0.39 is 0 Å². The zero-order valence-corrected chi connectivity index (χ0v) is 12.0. The number of rotatable bonds is 1. The summed E-state index contributed by atoms with van der Waals surface area (Å²) in [5, 5.41) is 0.741. The molecule has 2 atom stereocenters. The molecule has 0 saturated heterocycles. The van der Waals surface area contributed by atoms with Gasteiger partial charge in [-0.3, -0.25) is 0 Å². The van der Waals surface area contributed by atoms with Crippen LogP contribution in [0.15, 0.2) is 18.2 Å². The van der Waals surface area contributed by atoms with Crippen LogP contribution in [0.4, 0.5) is 0 Å². The van der Waals surface area contributed by atoms with Crippen molar-refractivity contribution in [2.45, 2.75) is 57.1 Å². The topological polar surface area (TPSA) is 35.2 Å². The van der Waals surface area contributed by atoms with Crippen LogP contribution in [0, 0.1) is 5.92 Å². The largest absolute Gasteiger partial charge is 0.490 e. The molecule has 0 amide bonds. The van der Waals surface area contributed by atoms with Gasteiger partial charge in [-0.05, 0) is 37.0 Å². The predicted octanol–water partition coefficient (Wildman–Crippen LogP) is 4.46. The van der Waals surface area contributed by atoms with Crippen LogP contribution in [0.5, 0.6) is 5.75 Å². The van der Waals surface area contributed by atoms with E-state index in [9.17, 15) is 0 Å². The van der Waals surface area contributed by atoms with E-state index in [1.165, 1.54) is 38.5 Å². The van der Waals surface area contributed by atoms with Gasteiger partial charge in [0.15, 0.2) is 0 Å². The summed E-state index contributed by atoms with van der Waals surface area (Å²) >= 11 is 6.04. The second kappa shape index (κ2) is 5.72. The molecule has 2 aliphatic rings. The van der Waals surface area contributed by atoms with Crippen LogP contribution >= 0.6 is 11.6 Å². The smallest absolute Gasteiger partial charge is 0.124 e. The first-order valence-electron chi connectivity index (χ1n) is 7.46. The minimum Gasteiger partial charge on any atom is -0.490 e. The molecule has 2 nitrogen and oxygen atoms in total. The van der Waals surface area contributed by atoms with Gasteiger partial charge in [0, 0.05) is 23.0 Å². The Morgan fingerprint density at radius 3 is 2.58 bits per heavy atom. The number of hydrogen-bond acceptors (Lipinski definition) is 2. The Kier molecular flexibility index (Phi) is 3.99. The van der Waals surface area contributed by atoms with E-state index >= 15 is 0 Å². The van der Waals surface area contributed by atoms with Gasteiger partial charge in [-0.15, -0.1) is 0 Å². The molecule has 1 heterocycles. The Balaban J connectivity index is 1.78. The molecule has 1 saturated carbocycles. The van der Waals surface area contributed by atoms with E-state index in [4.69, 9.17) is 22.1 Å². The fourth-order valence-electron chi connectivity index (χ4n) is 3.48. The van der Waals surface area contributed by atoms with Crippen LogP contribution in [0.1, 0.15) is 56.6 Å². The average molecular weight is 280 g/mol. The molecule has 1 aromatic rings. The Hall–Kier alpha value is -0.730. The molecule has 0 spiro atoms. The van der Waals surface area contributed by atoms with Crippen molar-refractivity contribution in [3.63, 3.8) is 0 Å². The first-order valence-corrected chi connectivity index (χ1v) is 7.83. The van der Waals surface area contributed by atoms with Crippen LogP contribution in [0.25, 0.3) is 0 Å². The third-order valence-corrected chi connectivity index (χ3v) is 4.80. The predicted molar refractivity (Wildman–Crippen MR) is 78.6 cm³/mol. The van der Waals surface area contributed by atoms with E-state index in [1.807, 2.05) is 18.2 Å². The molecule has 1 aromatic carbocycles. The fraction of sp³-hybridized carbons (Fsp3) is 0.625. The molecule has 19 heavy (non-hydrogen) atoms. The van der Waals surface area contributed by atoms with Gasteiger partial charge in [0.1, 0.15) is 11.9 Å². The maximum Gasteiger partial charge on any atom is 0.124 e. The molecule has 1 fully saturated rings. The van der Waals surface area contributed by atoms with Gasteiger partial charge < -0.3 is 10.5 Å². The zero-order chi connectivity index (χ0) is 13.2. The van der Waals surface area contributed by atoms with Crippen LogP contribution in [-0.4, -0.2) is 6.10 Å². The Labute approximate surface area is 120 Å². The molecule has 2 N–H and O–H groups in total. The second-order valence-electron chi connectivity index (χ2n) is 5.93. The van der Waals surface area contributed by atoms with E-state index in [1.54, 1.807) is 0 Å². The second-order valence-corrected chi connectivity index (χ2v) is 6.37. The first-order chi connectivity index (χ1) is 9.24. The highest BCUT2D eigenvalue weighted by Gasteiger charge is 2.32. The molecule has 0 aromatic heterocycles. The van der Waals surface area contributed by atoms with Gasteiger partial charge in [-0.1, -0.05) is 37.3 Å². The number of halogens is 1. The molecule has 3 rings (SSSR count). The van der Waals surface area contributed by atoms with Crippen molar-refractivity contribution in [1.29, 1.82) is 0 Å². The summed E-state index contributed by atoms with van der Waals surface area (Å²) in [7, 11) is 0. The lowest BCUT2D eigenvalue weighted by molar-refractivity contribution is 0.0906. The lowest BCUT2D eigenvalue weighted by Gasteiger charge is -2.35. The third-order valence-electron chi connectivity index (χ3n) is 4.56. The third kappa shape index (κ3) is 2.90. The highest BCUT2D eigenvalue weighted by molar-refractivity contribution is 6.30.